The van der Waals surface area contributed by atoms with Gasteiger partial charge >= 0.3 is 0 Å². The third-order valence-electron chi connectivity index (χ3n) is 2.94. The van der Waals surface area contributed by atoms with E-state index in [-0.39, 0.29) is 0 Å². The van der Waals surface area contributed by atoms with Crippen molar-refractivity contribution in [2.75, 3.05) is 0 Å². The van der Waals surface area contributed by atoms with E-state index in [9.17, 15) is 0 Å². The van der Waals surface area contributed by atoms with Gasteiger partial charge in [0.25, 0.3) is 0 Å². The summed E-state index contributed by atoms with van der Waals surface area (Å²) in [5.41, 5.74) is 0. The lowest BCUT2D eigenvalue weighted by Gasteiger charge is -2.14. The van der Waals surface area contributed by atoms with Crippen molar-refractivity contribution in [2.45, 2.75) is 26.2 Å². The minimum atomic E-state index is 0.972. The van der Waals surface area contributed by atoms with Gasteiger partial charge in [0.05, 0.1) is 0 Å². The second-order valence-electron chi connectivity index (χ2n) is 3.45. The summed E-state index contributed by atoms with van der Waals surface area (Å²) in [5.74, 6) is 2.99. The topological polar surface area (TPSA) is 0 Å². The van der Waals surface area contributed by atoms with Crippen LogP contribution in [0.3, 0.4) is 0 Å². The van der Waals surface area contributed by atoms with Gasteiger partial charge in [-0.15, -0.1) is 0 Å². The molecule has 0 N–H and O–H groups in total. The van der Waals surface area contributed by atoms with Crippen molar-refractivity contribution in [1.29, 1.82) is 0 Å². The molecular formula is C9H14. The zero-order valence-corrected chi connectivity index (χ0v) is 6.01. The molecule has 0 amide bonds. The molecular weight excluding hydrogens is 108 g/mol. The highest BCUT2D eigenvalue weighted by Gasteiger charge is 2.33. The first-order valence-corrected chi connectivity index (χ1v) is 4.08. The summed E-state index contributed by atoms with van der Waals surface area (Å²) in [6, 6.07) is 0. The summed E-state index contributed by atoms with van der Waals surface area (Å²) in [6.07, 6.45) is 9.20. The van der Waals surface area contributed by atoms with E-state index in [1.54, 1.807) is 0 Å². The molecule has 0 aliphatic heterocycles. The van der Waals surface area contributed by atoms with Crippen molar-refractivity contribution >= 4 is 0 Å². The Bertz CT molecular complexity index is 135. The maximum atomic E-state index is 2.43. The molecule has 3 atom stereocenters. The second kappa shape index (κ2) is 1.86. The second-order valence-corrected chi connectivity index (χ2v) is 3.45. The van der Waals surface area contributed by atoms with Gasteiger partial charge in [-0.2, -0.15) is 0 Å². The maximum absolute atomic E-state index is 2.43. The molecule has 0 radical (unpaired) electrons. The zero-order valence-electron chi connectivity index (χ0n) is 6.01. The number of hydrogen-bond acceptors (Lipinski definition) is 0. The van der Waals surface area contributed by atoms with Crippen molar-refractivity contribution in [3.05, 3.63) is 12.2 Å². The quantitative estimate of drug-likeness (QED) is 0.469. The number of fused-ring (bicyclic) bond motifs is 2. The standard InChI is InChI=1S/C9H14/c1-2-8-5-7-3-4-9(8)6-7/h3-4,7-9H,2,5-6H2,1H3/t7-,8-,9+/m1/s1. The van der Waals surface area contributed by atoms with Crippen LogP contribution in [0.25, 0.3) is 0 Å². The smallest absolute Gasteiger partial charge is 0.0199 e. The summed E-state index contributed by atoms with van der Waals surface area (Å²) in [4.78, 5) is 0. The molecule has 1 fully saturated rings. The lowest BCUT2D eigenvalue weighted by Crippen LogP contribution is -2.04. The highest BCUT2D eigenvalue weighted by molar-refractivity contribution is 5.09. The van der Waals surface area contributed by atoms with Gasteiger partial charge in [0.15, 0.2) is 0 Å². The molecule has 2 bridgehead atoms. The van der Waals surface area contributed by atoms with Gasteiger partial charge in [-0.05, 0) is 30.6 Å². The van der Waals surface area contributed by atoms with Crippen LogP contribution in [0.2, 0.25) is 0 Å². The number of hydrogen-bond donors (Lipinski definition) is 0. The van der Waals surface area contributed by atoms with Gasteiger partial charge in [-0.1, -0.05) is 25.5 Å². The van der Waals surface area contributed by atoms with E-state index in [4.69, 9.17) is 0 Å². The van der Waals surface area contributed by atoms with Crippen molar-refractivity contribution in [2.24, 2.45) is 17.8 Å². The predicted molar refractivity (Wildman–Crippen MR) is 39.1 cm³/mol. The third kappa shape index (κ3) is 0.726. The maximum Gasteiger partial charge on any atom is -0.0199 e. The molecule has 0 nitrogen and oxygen atoms in total. The fraction of sp³-hybridized carbons (Fsp3) is 0.778. The van der Waals surface area contributed by atoms with Crippen LogP contribution < -0.4 is 0 Å². The van der Waals surface area contributed by atoms with Crippen molar-refractivity contribution in [3.8, 4) is 0 Å². The summed E-state index contributed by atoms with van der Waals surface area (Å²) in [5, 5.41) is 0. The van der Waals surface area contributed by atoms with Crippen molar-refractivity contribution in [1.82, 2.24) is 0 Å². The first-order chi connectivity index (χ1) is 4.40. The average Bonchev–Trinajstić information content (AvgIpc) is 2.45. The molecule has 0 aromatic rings. The summed E-state index contributed by atoms with van der Waals surface area (Å²) in [7, 11) is 0. The molecule has 0 saturated heterocycles. The van der Waals surface area contributed by atoms with Crippen LogP contribution in [0.4, 0.5) is 0 Å². The van der Waals surface area contributed by atoms with Gasteiger partial charge in [0.2, 0.25) is 0 Å². The van der Waals surface area contributed by atoms with Crippen LogP contribution in [0.1, 0.15) is 26.2 Å². The Morgan fingerprint density at radius 3 is 2.56 bits per heavy atom. The van der Waals surface area contributed by atoms with E-state index in [2.05, 4.69) is 19.1 Å². The van der Waals surface area contributed by atoms with E-state index in [1.807, 2.05) is 0 Å². The molecule has 9 heavy (non-hydrogen) atoms. The van der Waals surface area contributed by atoms with Crippen molar-refractivity contribution in [3.63, 3.8) is 0 Å². The number of allylic oxidation sites excluding steroid dienone is 2. The van der Waals surface area contributed by atoms with Crippen LogP contribution >= 0.6 is 0 Å². The molecule has 0 heterocycles. The third-order valence-corrected chi connectivity index (χ3v) is 2.94. The van der Waals surface area contributed by atoms with Crippen molar-refractivity contribution < 1.29 is 0 Å². The Morgan fingerprint density at radius 1 is 1.33 bits per heavy atom. The lowest BCUT2D eigenvalue weighted by molar-refractivity contribution is 0.434. The van der Waals surface area contributed by atoms with E-state index in [0.717, 1.165) is 17.8 Å². The molecule has 1 saturated carbocycles. The molecule has 0 spiro atoms. The fourth-order valence-electron chi connectivity index (χ4n) is 2.36. The van der Waals surface area contributed by atoms with Gasteiger partial charge in [0, 0.05) is 0 Å². The Morgan fingerprint density at radius 2 is 2.22 bits per heavy atom. The Labute approximate surface area is 57.0 Å². The Hall–Kier alpha value is -0.260. The van der Waals surface area contributed by atoms with Crippen LogP contribution in [0.5, 0.6) is 0 Å². The first-order valence-electron chi connectivity index (χ1n) is 4.08. The average molecular weight is 122 g/mol. The Balaban J connectivity index is 2.10. The molecule has 0 unspecified atom stereocenters. The van der Waals surface area contributed by atoms with E-state index >= 15 is 0 Å². The van der Waals surface area contributed by atoms with E-state index in [0.29, 0.717) is 0 Å². The minimum Gasteiger partial charge on any atom is -0.0851 e. The van der Waals surface area contributed by atoms with Gasteiger partial charge in [0.1, 0.15) is 0 Å². The lowest BCUT2D eigenvalue weighted by atomic mass is 9.91. The van der Waals surface area contributed by atoms with Gasteiger partial charge in [-0.3, -0.25) is 0 Å². The summed E-state index contributed by atoms with van der Waals surface area (Å²) >= 11 is 0. The monoisotopic (exact) mass is 122 g/mol. The molecule has 2 aliphatic carbocycles. The molecule has 2 rings (SSSR count). The molecule has 2 aliphatic rings. The molecule has 50 valence electrons. The predicted octanol–water partition coefficient (Wildman–Crippen LogP) is 2.61. The Kier molecular flexibility index (Phi) is 1.14. The molecule has 0 aromatic carbocycles. The zero-order chi connectivity index (χ0) is 6.27. The highest BCUT2D eigenvalue weighted by Crippen LogP contribution is 2.44. The van der Waals surface area contributed by atoms with Crippen LogP contribution in [-0.4, -0.2) is 0 Å². The largest absolute Gasteiger partial charge is 0.0851 e. The van der Waals surface area contributed by atoms with E-state index < -0.39 is 0 Å². The minimum absolute atomic E-state index is 0.972. The summed E-state index contributed by atoms with van der Waals surface area (Å²) < 4.78 is 0. The molecule has 0 aromatic heterocycles. The highest BCUT2D eigenvalue weighted by atomic mass is 14.4. The summed E-state index contributed by atoms with van der Waals surface area (Å²) in [6.45, 7) is 2.32. The number of rotatable bonds is 1. The fourth-order valence-corrected chi connectivity index (χ4v) is 2.36. The van der Waals surface area contributed by atoms with Crippen LogP contribution in [-0.2, 0) is 0 Å². The van der Waals surface area contributed by atoms with Gasteiger partial charge in [-0.25, -0.2) is 0 Å². The van der Waals surface area contributed by atoms with Crippen LogP contribution in [0.15, 0.2) is 12.2 Å². The SMILES string of the molecule is CC[C@@H]1C[C@H]2C=C[C@H]1C2. The van der Waals surface area contributed by atoms with Crippen LogP contribution in [0, 0.1) is 17.8 Å². The van der Waals surface area contributed by atoms with E-state index in [1.165, 1.54) is 19.3 Å². The molecule has 0 heteroatoms. The normalized spacial score (nSPS) is 46.6. The first kappa shape index (κ1) is 5.52. The van der Waals surface area contributed by atoms with Gasteiger partial charge < -0.3 is 0 Å².